The minimum absolute atomic E-state index is 0.368. The van der Waals surface area contributed by atoms with Gasteiger partial charge in [0.15, 0.2) is 0 Å². The molecule has 3 nitrogen and oxygen atoms in total. The van der Waals surface area contributed by atoms with E-state index in [1.807, 2.05) is 6.20 Å². The minimum atomic E-state index is 0.368. The van der Waals surface area contributed by atoms with Gasteiger partial charge in [-0.25, -0.2) is 9.97 Å². The first-order chi connectivity index (χ1) is 11.9. The number of benzene rings is 2. The summed E-state index contributed by atoms with van der Waals surface area (Å²) in [6.07, 6.45) is 4.00. The van der Waals surface area contributed by atoms with Crippen LogP contribution in [0, 0.1) is 0 Å². The smallest absolute Gasteiger partial charge is 0.223 e. The van der Waals surface area contributed by atoms with Crippen molar-refractivity contribution >= 4 is 5.95 Å². The summed E-state index contributed by atoms with van der Waals surface area (Å²) >= 11 is 0. The highest BCUT2D eigenvalue weighted by Gasteiger charge is 2.27. The van der Waals surface area contributed by atoms with Crippen molar-refractivity contribution in [1.82, 2.24) is 9.97 Å². The third-order valence-electron chi connectivity index (χ3n) is 4.61. The fourth-order valence-electron chi connectivity index (χ4n) is 3.44. The van der Waals surface area contributed by atoms with Crippen LogP contribution in [0.15, 0.2) is 60.8 Å². The van der Waals surface area contributed by atoms with Crippen molar-refractivity contribution in [2.45, 2.75) is 25.7 Å². The van der Waals surface area contributed by atoms with Crippen molar-refractivity contribution in [3.8, 4) is 11.3 Å². The Morgan fingerprint density at radius 3 is 2.67 bits per heavy atom. The zero-order valence-electron chi connectivity index (χ0n) is 13.9. The van der Waals surface area contributed by atoms with Crippen molar-refractivity contribution in [2.24, 2.45) is 0 Å². The molecule has 120 valence electrons. The summed E-state index contributed by atoms with van der Waals surface area (Å²) in [6, 6.07) is 19.4. The van der Waals surface area contributed by atoms with Crippen molar-refractivity contribution in [3.63, 3.8) is 0 Å². The van der Waals surface area contributed by atoms with E-state index in [1.165, 1.54) is 22.3 Å². The zero-order chi connectivity index (χ0) is 16.4. The van der Waals surface area contributed by atoms with E-state index in [9.17, 15) is 0 Å². The lowest BCUT2D eigenvalue weighted by Crippen LogP contribution is -2.15. The fraction of sp³-hybridized carbons (Fsp3) is 0.238. The number of rotatable bonds is 4. The molecule has 3 aromatic rings. The Morgan fingerprint density at radius 1 is 1.04 bits per heavy atom. The van der Waals surface area contributed by atoms with Crippen LogP contribution in [0.1, 0.15) is 36.0 Å². The molecule has 0 amide bonds. The van der Waals surface area contributed by atoms with Crippen molar-refractivity contribution in [2.75, 3.05) is 11.9 Å². The highest BCUT2D eigenvalue weighted by atomic mass is 15.1. The lowest BCUT2D eigenvalue weighted by Gasteiger charge is -2.27. The van der Waals surface area contributed by atoms with Crippen LogP contribution in [0.3, 0.4) is 0 Å². The minimum Gasteiger partial charge on any atom is -0.354 e. The maximum atomic E-state index is 4.80. The van der Waals surface area contributed by atoms with Gasteiger partial charge in [0.1, 0.15) is 0 Å². The molecule has 0 saturated carbocycles. The first kappa shape index (κ1) is 14.9. The zero-order valence-corrected chi connectivity index (χ0v) is 13.9. The molecule has 1 atom stereocenters. The van der Waals surface area contributed by atoms with Crippen molar-refractivity contribution in [3.05, 3.63) is 77.5 Å². The molecule has 0 spiro atoms. The Bertz CT molecular complexity index is 843. The van der Waals surface area contributed by atoms with Gasteiger partial charge in [-0.15, -0.1) is 0 Å². The molecular formula is C21H21N3. The van der Waals surface area contributed by atoms with E-state index in [4.69, 9.17) is 4.98 Å². The van der Waals surface area contributed by atoms with E-state index in [2.05, 4.69) is 71.8 Å². The van der Waals surface area contributed by atoms with Crippen molar-refractivity contribution < 1.29 is 0 Å². The van der Waals surface area contributed by atoms with E-state index in [-0.39, 0.29) is 0 Å². The number of nitrogens with one attached hydrogen (secondary N) is 1. The molecule has 0 radical (unpaired) electrons. The molecule has 1 heterocycles. The number of fused-ring (bicyclic) bond motifs is 3. The van der Waals surface area contributed by atoms with Gasteiger partial charge in [-0.1, -0.05) is 61.5 Å². The third kappa shape index (κ3) is 2.67. The SMILES string of the molecule is CCCNc1ncc2c(n1)-c1ccccc1C(c1ccccc1)C2. The molecule has 1 unspecified atom stereocenters. The van der Waals surface area contributed by atoms with Crippen LogP contribution in [0.25, 0.3) is 11.3 Å². The average Bonchev–Trinajstić information content (AvgIpc) is 2.66. The van der Waals surface area contributed by atoms with Crippen LogP contribution >= 0.6 is 0 Å². The molecule has 2 aromatic carbocycles. The fourth-order valence-corrected chi connectivity index (χ4v) is 3.44. The summed E-state index contributed by atoms with van der Waals surface area (Å²) in [5.41, 5.74) is 6.24. The molecule has 1 aliphatic rings. The van der Waals surface area contributed by atoms with Crippen LogP contribution in [0.2, 0.25) is 0 Å². The number of hydrogen-bond donors (Lipinski definition) is 1. The molecule has 3 heteroatoms. The molecule has 1 aliphatic carbocycles. The maximum Gasteiger partial charge on any atom is 0.223 e. The molecule has 24 heavy (non-hydrogen) atoms. The molecule has 0 aliphatic heterocycles. The predicted octanol–water partition coefficient (Wildman–Crippen LogP) is 4.65. The van der Waals surface area contributed by atoms with Gasteiger partial charge in [-0.05, 0) is 29.5 Å². The topological polar surface area (TPSA) is 37.8 Å². The Hall–Kier alpha value is -2.68. The summed E-state index contributed by atoms with van der Waals surface area (Å²) in [5, 5.41) is 3.30. The normalized spacial score (nSPS) is 15.5. The Morgan fingerprint density at radius 2 is 1.83 bits per heavy atom. The standard InChI is InChI=1S/C21H21N3/c1-2-12-22-21-23-14-16-13-19(15-8-4-3-5-9-15)17-10-6-7-11-18(17)20(16)24-21/h3-11,14,19H,2,12-13H2,1H3,(H,22,23,24). The number of hydrogen-bond acceptors (Lipinski definition) is 3. The van der Waals surface area contributed by atoms with Crippen LogP contribution in [-0.4, -0.2) is 16.5 Å². The molecule has 0 saturated heterocycles. The van der Waals surface area contributed by atoms with Gasteiger partial charge in [-0.3, -0.25) is 0 Å². The summed E-state index contributed by atoms with van der Waals surface area (Å²) in [5.74, 6) is 1.09. The van der Waals surface area contributed by atoms with E-state index >= 15 is 0 Å². The molecule has 1 N–H and O–H groups in total. The molecule has 1 aromatic heterocycles. The van der Waals surface area contributed by atoms with Gasteiger partial charge in [0, 0.05) is 24.2 Å². The molecule has 0 fully saturated rings. The van der Waals surface area contributed by atoms with Crippen LogP contribution in [0.5, 0.6) is 0 Å². The highest BCUT2D eigenvalue weighted by molar-refractivity contribution is 5.72. The average molecular weight is 315 g/mol. The summed E-state index contributed by atoms with van der Waals surface area (Å²) in [4.78, 5) is 9.31. The van der Waals surface area contributed by atoms with Crippen LogP contribution < -0.4 is 5.32 Å². The summed E-state index contributed by atoms with van der Waals surface area (Å²) < 4.78 is 0. The first-order valence-corrected chi connectivity index (χ1v) is 8.61. The lowest BCUT2D eigenvalue weighted by atomic mass is 9.78. The van der Waals surface area contributed by atoms with Crippen LogP contribution in [-0.2, 0) is 6.42 Å². The van der Waals surface area contributed by atoms with Gasteiger partial charge in [-0.2, -0.15) is 0 Å². The third-order valence-corrected chi connectivity index (χ3v) is 4.61. The van der Waals surface area contributed by atoms with Crippen molar-refractivity contribution in [1.29, 1.82) is 0 Å². The Balaban J connectivity index is 1.80. The summed E-state index contributed by atoms with van der Waals surface area (Å²) in [7, 11) is 0. The Labute approximate surface area is 142 Å². The Kier molecular flexibility index (Phi) is 3.99. The largest absolute Gasteiger partial charge is 0.354 e. The first-order valence-electron chi connectivity index (χ1n) is 8.61. The second-order valence-electron chi connectivity index (χ2n) is 6.25. The van der Waals surface area contributed by atoms with Crippen LogP contribution in [0.4, 0.5) is 5.95 Å². The highest BCUT2D eigenvalue weighted by Crippen LogP contribution is 2.41. The lowest BCUT2D eigenvalue weighted by molar-refractivity contribution is 0.781. The second-order valence-corrected chi connectivity index (χ2v) is 6.25. The van der Waals surface area contributed by atoms with E-state index in [0.717, 1.165) is 31.0 Å². The second kappa shape index (κ2) is 6.44. The monoisotopic (exact) mass is 315 g/mol. The molecular weight excluding hydrogens is 294 g/mol. The van der Waals surface area contributed by atoms with E-state index in [0.29, 0.717) is 5.92 Å². The number of anilines is 1. The molecule has 4 rings (SSSR count). The number of aromatic nitrogens is 2. The van der Waals surface area contributed by atoms with E-state index < -0.39 is 0 Å². The van der Waals surface area contributed by atoms with Gasteiger partial charge in [0.05, 0.1) is 5.69 Å². The molecule has 0 bridgehead atoms. The summed E-state index contributed by atoms with van der Waals surface area (Å²) in [6.45, 7) is 3.04. The van der Waals surface area contributed by atoms with E-state index in [1.54, 1.807) is 0 Å². The van der Waals surface area contributed by atoms with Gasteiger partial charge < -0.3 is 5.32 Å². The number of nitrogens with zero attached hydrogens (tertiary/aromatic N) is 2. The van der Waals surface area contributed by atoms with Gasteiger partial charge in [0.2, 0.25) is 5.95 Å². The maximum absolute atomic E-state index is 4.80. The van der Waals surface area contributed by atoms with Gasteiger partial charge >= 0.3 is 0 Å². The predicted molar refractivity (Wildman–Crippen MR) is 98.2 cm³/mol. The quantitative estimate of drug-likeness (QED) is 0.761. The van der Waals surface area contributed by atoms with Gasteiger partial charge in [0.25, 0.3) is 0 Å².